The van der Waals surface area contributed by atoms with Crippen LogP contribution < -0.4 is 19.7 Å². The maximum atomic E-state index is 12.5. The van der Waals surface area contributed by atoms with Crippen molar-refractivity contribution >= 4 is 39.3 Å². The fraction of sp³-hybridized carbons (Fsp3) is 0.250. The predicted molar refractivity (Wildman–Crippen MR) is 142 cm³/mol. The van der Waals surface area contributed by atoms with Crippen molar-refractivity contribution in [1.82, 2.24) is 0 Å². The topological polar surface area (TPSA) is 50.8 Å². The maximum absolute atomic E-state index is 12.5. The highest BCUT2D eigenvalue weighted by Crippen LogP contribution is 2.37. The molecule has 1 fully saturated rings. The van der Waals surface area contributed by atoms with E-state index in [1.807, 2.05) is 54.6 Å². The Kier molecular flexibility index (Phi) is 8.26. The Balaban J connectivity index is 1.37. The molecule has 0 saturated carbocycles. The average Bonchev–Trinajstić information content (AvgIpc) is 2.88. The van der Waals surface area contributed by atoms with Crippen molar-refractivity contribution in [2.24, 2.45) is 0 Å². The minimum atomic E-state index is -0.190. The van der Waals surface area contributed by atoms with Crippen molar-refractivity contribution in [3.8, 4) is 11.5 Å². The third-order valence-corrected chi connectivity index (χ3v) is 6.35. The standard InChI is InChI=1S/C28H29BrN2O3/c1-33-26-19-22(18-25(29)28(26)34-20-21-8-4-2-5-9-21)10-15-27(32)30-23-11-13-24(14-12-23)31-16-6-3-7-17-31/h2,4-5,8-15,18-19H,3,6-7,16-17,20H2,1H3,(H,30,32)/b15-10+. The van der Waals surface area contributed by atoms with Gasteiger partial charge in [-0.15, -0.1) is 0 Å². The number of rotatable bonds is 8. The van der Waals surface area contributed by atoms with Gasteiger partial charge in [0.05, 0.1) is 11.6 Å². The largest absolute Gasteiger partial charge is 0.493 e. The third-order valence-electron chi connectivity index (χ3n) is 5.76. The predicted octanol–water partition coefficient (Wildman–Crippen LogP) is 6.68. The summed E-state index contributed by atoms with van der Waals surface area (Å²) in [6.45, 7) is 2.64. The first-order chi connectivity index (χ1) is 16.6. The van der Waals surface area contributed by atoms with Gasteiger partial charge in [-0.05, 0) is 88.8 Å². The summed E-state index contributed by atoms with van der Waals surface area (Å²) >= 11 is 3.57. The van der Waals surface area contributed by atoms with E-state index in [-0.39, 0.29) is 5.91 Å². The average molecular weight is 521 g/mol. The molecule has 1 aliphatic rings. The van der Waals surface area contributed by atoms with E-state index in [0.717, 1.165) is 34.4 Å². The van der Waals surface area contributed by atoms with E-state index in [9.17, 15) is 4.79 Å². The molecule has 5 nitrogen and oxygen atoms in total. The lowest BCUT2D eigenvalue weighted by atomic mass is 10.1. The molecule has 4 rings (SSSR count). The van der Waals surface area contributed by atoms with Crippen molar-refractivity contribution in [3.05, 3.63) is 88.4 Å². The van der Waals surface area contributed by atoms with E-state index in [1.165, 1.54) is 31.0 Å². The van der Waals surface area contributed by atoms with Gasteiger partial charge in [-0.3, -0.25) is 4.79 Å². The molecule has 0 bridgehead atoms. The molecule has 6 heteroatoms. The van der Waals surface area contributed by atoms with Gasteiger partial charge in [0.1, 0.15) is 6.61 Å². The molecule has 1 aliphatic heterocycles. The minimum absolute atomic E-state index is 0.190. The number of carbonyl (C=O) groups is 1. The van der Waals surface area contributed by atoms with Crippen LogP contribution in [0.25, 0.3) is 6.08 Å². The second-order valence-electron chi connectivity index (χ2n) is 8.23. The normalized spacial score (nSPS) is 13.6. The number of nitrogens with one attached hydrogen (secondary N) is 1. The van der Waals surface area contributed by atoms with Gasteiger partial charge in [-0.2, -0.15) is 0 Å². The van der Waals surface area contributed by atoms with Crippen molar-refractivity contribution in [2.45, 2.75) is 25.9 Å². The molecule has 0 unspecified atom stereocenters. The van der Waals surface area contributed by atoms with Gasteiger partial charge in [0.25, 0.3) is 0 Å². The fourth-order valence-electron chi connectivity index (χ4n) is 3.97. The second-order valence-corrected chi connectivity index (χ2v) is 9.08. The monoisotopic (exact) mass is 520 g/mol. The fourth-order valence-corrected chi connectivity index (χ4v) is 4.54. The van der Waals surface area contributed by atoms with Crippen molar-refractivity contribution in [3.63, 3.8) is 0 Å². The summed E-state index contributed by atoms with van der Waals surface area (Å²) in [6, 6.07) is 21.8. The van der Waals surface area contributed by atoms with Gasteiger partial charge in [-0.25, -0.2) is 0 Å². The van der Waals surface area contributed by atoms with E-state index in [0.29, 0.717) is 18.1 Å². The highest BCUT2D eigenvalue weighted by molar-refractivity contribution is 9.10. The molecule has 3 aromatic rings. The number of amides is 1. The molecular formula is C28H29BrN2O3. The highest BCUT2D eigenvalue weighted by atomic mass is 79.9. The van der Waals surface area contributed by atoms with Gasteiger partial charge in [0.2, 0.25) is 5.91 Å². The van der Waals surface area contributed by atoms with E-state index in [2.05, 4.69) is 38.3 Å². The molecule has 1 heterocycles. The molecular weight excluding hydrogens is 492 g/mol. The summed E-state index contributed by atoms with van der Waals surface area (Å²) in [5.41, 5.74) is 3.88. The zero-order valence-corrected chi connectivity index (χ0v) is 20.9. The van der Waals surface area contributed by atoms with Crippen LogP contribution in [0, 0.1) is 0 Å². The molecule has 0 aliphatic carbocycles. The molecule has 0 atom stereocenters. The number of nitrogens with zero attached hydrogens (tertiary/aromatic N) is 1. The number of anilines is 2. The van der Waals surface area contributed by atoms with Crippen LogP contribution in [-0.4, -0.2) is 26.1 Å². The first-order valence-electron chi connectivity index (χ1n) is 11.5. The molecule has 1 amide bonds. The maximum Gasteiger partial charge on any atom is 0.248 e. The number of ether oxygens (including phenoxy) is 2. The molecule has 0 spiro atoms. The van der Waals surface area contributed by atoms with Gasteiger partial charge < -0.3 is 19.7 Å². The molecule has 176 valence electrons. The lowest BCUT2D eigenvalue weighted by Gasteiger charge is -2.28. The van der Waals surface area contributed by atoms with Crippen LogP contribution in [0.5, 0.6) is 11.5 Å². The molecule has 0 aromatic heterocycles. The van der Waals surface area contributed by atoms with Gasteiger partial charge in [0, 0.05) is 30.5 Å². The van der Waals surface area contributed by atoms with Crippen LogP contribution in [-0.2, 0) is 11.4 Å². The molecule has 1 saturated heterocycles. The van der Waals surface area contributed by atoms with Crippen LogP contribution in [0.2, 0.25) is 0 Å². The number of hydrogen-bond donors (Lipinski definition) is 1. The minimum Gasteiger partial charge on any atom is -0.493 e. The van der Waals surface area contributed by atoms with Crippen molar-refractivity contribution < 1.29 is 14.3 Å². The van der Waals surface area contributed by atoms with E-state index in [1.54, 1.807) is 13.2 Å². The van der Waals surface area contributed by atoms with E-state index >= 15 is 0 Å². The second kappa shape index (κ2) is 11.7. The van der Waals surface area contributed by atoms with Crippen LogP contribution in [0.15, 0.2) is 77.3 Å². The lowest BCUT2D eigenvalue weighted by Crippen LogP contribution is -2.29. The first-order valence-corrected chi connectivity index (χ1v) is 12.3. The summed E-state index contributed by atoms with van der Waals surface area (Å²) in [5.74, 6) is 1.03. The van der Waals surface area contributed by atoms with Gasteiger partial charge >= 0.3 is 0 Å². The number of hydrogen-bond acceptors (Lipinski definition) is 4. The summed E-state index contributed by atoms with van der Waals surface area (Å²) < 4.78 is 12.3. The smallest absolute Gasteiger partial charge is 0.248 e. The van der Waals surface area contributed by atoms with Crippen LogP contribution in [0.4, 0.5) is 11.4 Å². The van der Waals surface area contributed by atoms with Crippen molar-refractivity contribution in [2.75, 3.05) is 30.4 Å². The van der Waals surface area contributed by atoms with Gasteiger partial charge in [0.15, 0.2) is 11.5 Å². The Morgan fingerprint density at radius 1 is 1.03 bits per heavy atom. The first kappa shape index (κ1) is 23.9. The SMILES string of the molecule is COc1cc(/C=C/C(=O)Nc2ccc(N3CCCCC3)cc2)cc(Br)c1OCc1ccccc1. The Bertz CT molecular complexity index is 1120. The van der Waals surface area contributed by atoms with Gasteiger partial charge in [-0.1, -0.05) is 30.3 Å². The van der Waals surface area contributed by atoms with E-state index < -0.39 is 0 Å². The third kappa shape index (κ3) is 6.41. The molecule has 0 radical (unpaired) electrons. The Labute approximate surface area is 209 Å². The molecule has 3 aromatic carbocycles. The Morgan fingerprint density at radius 3 is 2.47 bits per heavy atom. The number of benzene rings is 3. The zero-order valence-electron chi connectivity index (χ0n) is 19.3. The zero-order chi connectivity index (χ0) is 23.8. The summed E-state index contributed by atoms with van der Waals surface area (Å²) in [7, 11) is 1.60. The Morgan fingerprint density at radius 2 is 1.76 bits per heavy atom. The molecule has 1 N–H and O–H groups in total. The summed E-state index contributed by atoms with van der Waals surface area (Å²) in [4.78, 5) is 14.9. The quantitative estimate of drug-likeness (QED) is 0.336. The van der Waals surface area contributed by atoms with Crippen LogP contribution in [0.1, 0.15) is 30.4 Å². The lowest BCUT2D eigenvalue weighted by molar-refractivity contribution is -0.111. The summed E-state index contributed by atoms with van der Waals surface area (Å²) in [6.07, 6.45) is 7.06. The Hall–Kier alpha value is -3.25. The van der Waals surface area contributed by atoms with Crippen LogP contribution in [0.3, 0.4) is 0 Å². The van der Waals surface area contributed by atoms with E-state index in [4.69, 9.17) is 9.47 Å². The van der Waals surface area contributed by atoms with Crippen LogP contribution >= 0.6 is 15.9 Å². The number of halogens is 1. The number of methoxy groups -OCH3 is 1. The molecule has 34 heavy (non-hydrogen) atoms. The number of carbonyl (C=O) groups excluding carboxylic acids is 1. The van der Waals surface area contributed by atoms with Crippen molar-refractivity contribution in [1.29, 1.82) is 0 Å². The number of piperidine rings is 1. The highest BCUT2D eigenvalue weighted by Gasteiger charge is 2.12. The summed E-state index contributed by atoms with van der Waals surface area (Å²) in [5, 5.41) is 2.92.